The zero-order chi connectivity index (χ0) is 22.2. The third-order valence-electron chi connectivity index (χ3n) is 4.30. The Morgan fingerprint density at radius 3 is 2.52 bits per heavy atom. The highest BCUT2D eigenvalue weighted by Crippen LogP contribution is 2.30. The van der Waals surface area contributed by atoms with Crippen LogP contribution in [0.4, 0.5) is 5.69 Å². The fourth-order valence-corrected chi connectivity index (χ4v) is 3.08. The molecule has 0 saturated heterocycles. The number of anilines is 1. The zero-order valence-corrected chi connectivity index (χ0v) is 17.6. The van der Waals surface area contributed by atoms with Gasteiger partial charge in [0.2, 0.25) is 0 Å². The Morgan fingerprint density at radius 2 is 1.74 bits per heavy atom. The van der Waals surface area contributed by atoms with Crippen LogP contribution in [0.5, 0.6) is 5.75 Å². The van der Waals surface area contributed by atoms with Crippen molar-refractivity contribution in [3.63, 3.8) is 0 Å². The first-order chi connectivity index (χ1) is 15.0. The van der Waals surface area contributed by atoms with Gasteiger partial charge < -0.3 is 10.1 Å². The van der Waals surface area contributed by atoms with E-state index in [1.807, 2.05) is 12.1 Å². The van der Waals surface area contributed by atoms with E-state index in [4.69, 9.17) is 27.9 Å². The van der Waals surface area contributed by atoms with Gasteiger partial charge in [0.1, 0.15) is 24.0 Å². The molecule has 0 unspecified atom stereocenters. The fraction of sp³-hybridized carbons (Fsp3) is 0.0417. The van der Waals surface area contributed by atoms with Gasteiger partial charge in [0, 0.05) is 11.1 Å². The molecule has 3 rings (SSSR count). The number of hydrogen-bond donors (Lipinski definition) is 1. The predicted octanol–water partition coefficient (Wildman–Crippen LogP) is 5.99. The van der Waals surface area contributed by atoms with E-state index in [0.29, 0.717) is 27.6 Å². The summed E-state index contributed by atoms with van der Waals surface area (Å²) in [6.45, 7) is 0.167. The molecule has 0 atom stereocenters. The second-order valence-corrected chi connectivity index (χ2v) is 7.11. The van der Waals surface area contributed by atoms with E-state index in [1.165, 1.54) is 6.08 Å². The van der Waals surface area contributed by atoms with Crippen LogP contribution in [0, 0.1) is 22.7 Å². The minimum atomic E-state index is -0.628. The molecule has 0 radical (unpaired) electrons. The van der Waals surface area contributed by atoms with Crippen LogP contribution >= 0.6 is 23.2 Å². The van der Waals surface area contributed by atoms with Crippen molar-refractivity contribution in [3.8, 4) is 17.9 Å². The third kappa shape index (κ3) is 5.43. The van der Waals surface area contributed by atoms with Gasteiger partial charge in [-0.3, -0.25) is 4.79 Å². The number of hydrogen-bond acceptors (Lipinski definition) is 4. The van der Waals surface area contributed by atoms with E-state index in [-0.39, 0.29) is 17.2 Å². The number of amides is 1. The maximum Gasteiger partial charge on any atom is 0.266 e. The summed E-state index contributed by atoms with van der Waals surface area (Å²) in [7, 11) is 0. The van der Waals surface area contributed by atoms with Gasteiger partial charge in [-0.05, 0) is 30.3 Å². The summed E-state index contributed by atoms with van der Waals surface area (Å²) < 4.78 is 5.87. The lowest BCUT2D eigenvalue weighted by molar-refractivity contribution is -0.112. The van der Waals surface area contributed by atoms with E-state index in [2.05, 4.69) is 11.4 Å². The molecule has 0 fully saturated rings. The Balaban J connectivity index is 1.83. The largest absolute Gasteiger partial charge is 0.488 e. The molecular formula is C24H15Cl2N3O2. The summed E-state index contributed by atoms with van der Waals surface area (Å²) in [6, 6.07) is 23.0. The van der Waals surface area contributed by atoms with Crippen LogP contribution in [0.25, 0.3) is 6.08 Å². The van der Waals surface area contributed by atoms with Crippen LogP contribution in [0.1, 0.15) is 16.7 Å². The Bertz CT molecular complexity index is 1240. The van der Waals surface area contributed by atoms with Gasteiger partial charge in [-0.2, -0.15) is 10.5 Å². The number of carbonyl (C=O) groups excluding carboxylic acids is 1. The van der Waals surface area contributed by atoms with Crippen molar-refractivity contribution in [2.24, 2.45) is 0 Å². The molecule has 7 heteroatoms. The van der Waals surface area contributed by atoms with Gasteiger partial charge in [-0.1, -0.05) is 65.7 Å². The van der Waals surface area contributed by atoms with Crippen molar-refractivity contribution in [2.75, 3.05) is 5.32 Å². The minimum absolute atomic E-state index is 0.135. The first-order valence-corrected chi connectivity index (χ1v) is 9.86. The fourth-order valence-electron chi connectivity index (χ4n) is 2.74. The number of nitrogens with zero attached hydrogens (tertiary/aromatic N) is 2. The van der Waals surface area contributed by atoms with Crippen molar-refractivity contribution < 1.29 is 9.53 Å². The molecule has 0 aromatic heterocycles. The average Bonchev–Trinajstić information content (AvgIpc) is 2.79. The van der Waals surface area contributed by atoms with Gasteiger partial charge in [-0.15, -0.1) is 0 Å². The quantitative estimate of drug-likeness (QED) is 0.371. The SMILES string of the molecule is N#C/C(=C/c1ccccc1OCc1ccccc1C#N)C(=O)Nc1cccc(Cl)c1Cl. The summed E-state index contributed by atoms with van der Waals surface area (Å²) in [6.07, 6.45) is 1.43. The monoisotopic (exact) mass is 447 g/mol. The van der Waals surface area contributed by atoms with E-state index >= 15 is 0 Å². The number of halogens is 2. The van der Waals surface area contributed by atoms with Crippen LogP contribution in [-0.4, -0.2) is 5.91 Å². The Morgan fingerprint density at radius 1 is 1.00 bits per heavy atom. The molecule has 31 heavy (non-hydrogen) atoms. The predicted molar refractivity (Wildman–Crippen MR) is 121 cm³/mol. The number of benzene rings is 3. The van der Waals surface area contributed by atoms with Crippen LogP contribution in [-0.2, 0) is 11.4 Å². The normalized spacial score (nSPS) is 10.6. The lowest BCUT2D eigenvalue weighted by Gasteiger charge is -2.11. The van der Waals surface area contributed by atoms with Crippen molar-refractivity contribution in [2.45, 2.75) is 6.61 Å². The van der Waals surface area contributed by atoms with E-state index in [1.54, 1.807) is 60.7 Å². The van der Waals surface area contributed by atoms with Gasteiger partial charge in [0.05, 0.1) is 27.4 Å². The first-order valence-electron chi connectivity index (χ1n) is 9.10. The second kappa shape index (κ2) is 10.3. The van der Waals surface area contributed by atoms with Crippen molar-refractivity contribution >= 4 is 40.9 Å². The number of ether oxygens (including phenoxy) is 1. The number of nitriles is 2. The summed E-state index contributed by atoms with van der Waals surface area (Å²) in [5, 5.41) is 21.8. The maximum atomic E-state index is 12.6. The molecule has 0 aliphatic carbocycles. The van der Waals surface area contributed by atoms with Crippen molar-refractivity contribution in [3.05, 3.63) is 99.0 Å². The third-order valence-corrected chi connectivity index (χ3v) is 5.12. The van der Waals surface area contributed by atoms with Gasteiger partial charge in [0.25, 0.3) is 5.91 Å². The molecule has 5 nitrogen and oxygen atoms in total. The summed E-state index contributed by atoms with van der Waals surface area (Å²) in [4.78, 5) is 12.6. The van der Waals surface area contributed by atoms with Crippen LogP contribution in [0.2, 0.25) is 10.0 Å². The van der Waals surface area contributed by atoms with Gasteiger partial charge in [-0.25, -0.2) is 0 Å². The van der Waals surface area contributed by atoms with Crippen molar-refractivity contribution in [1.82, 2.24) is 0 Å². The van der Waals surface area contributed by atoms with E-state index in [9.17, 15) is 15.3 Å². The highest BCUT2D eigenvalue weighted by Gasteiger charge is 2.14. The van der Waals surface area contributed by atoms with Crippen LogP contribution in [0.15, 0.2) is 72.3 Å². The standard InChI is InChI=1S/C24H15Cl2N3O2/c25-20-9-5-10-21(23(20)26)29-24(30)19(14-28)12-16-6-3-4-11-22(16)31-15-18-8-2-1-7-17(18)13-27/h1-12H,15H2,(H,29,30)/b19-12-. The molecule has 3 aromatic rings. The van der Waals surface area contributed by atoms with Gasteiger partial charge >= 0.3 is 0 Å². The highest BCUT2D eigenvalue weighted by atomic mass is 35.5. The molecule has 0 heterocycles. The number of carbonyl (C=O) groups is 1. The number of nitrogens with one attached hydrogen (secondary N) is 1. The Hall–Kier alpha value is -3.77. The number of rotatable bonds is 6. The molecule has 0 bridgehead atoms. The van der Waals surface area contributed by atoms with Crippen molar-refractivity contribution in [1.29, 1.82) is 10.5 Å². The summed E-state index contributed by atoms with van der Waals surface area (Å²) >= 11 is 12.1. The molecule has 1 N–H and O–H groups in total. The molecule has 0 aliphatic rings. The second-order valence-electron chi connectivity index (χ2n) is 6.32. The van der Waals surface area contributed by atoms with E-state index < -0.39 is 5.91 Å². The minimum Gasteiger partial charge on any atom is -0.488 e. The highest BCUT2D eigenvalue weighted by molar-refractivity contribution is 6.44. The van der Waals surface area contributed by atoms with E-state index in [0.717, 1.165) is 5.56 Å². The molecular weight excluding hydrogens is 433 g/mol. The maximum absolute atomic E-state index is 12.6. The molecule has 0 spiro atoms. The molecule has 152 valence electrons. The topological polar surface area (TPSA) is 85.9 Å². The molecule has 3 aromatic carbocycles. The number of para-hydroxylation sites is 1. The lowest BCUT2D eigenvalue weighted by Crippen LogP contribution is -2.14. The molecule has 1 amide bonds. The lowest BCUT2D eigenvalue weighted by atomic mass is 10.1. The first kappa shape index (κ1) is 21.9. The summed E-state index contributed by atoms with van der Waals surface area (Å²) in [5.41, 5.74) is 1.96. The van der Waals surface area contributed by atoms with Crippen LogP contribution < -0.4 is 10.1 Å². The molecule has 0 aliphatic heterocycles. The smallest absolute Gasteiger partial charge is 0.266 e. The van der Waals surface area contributed by atoms with Gasteiger partial charge in [0.15, 0.2) is 0 Å². The average molecular weight is 448 g/mol. The zero-order valence-electron chi connectivity index (χ0n) is 16.1. The Kier molecular flexibility index (Phi) is 7.30. The Labute approximate surface area is 189 Å². The molecule has 0 saturated carbocycles. The van der Waals surface area contributed by atoms with Crippen LogP contribution in [0.3, 0.4) is 0 Å². The summed E-state index contributed by atoms with van der Waals surface area (Å²) in [5.74, 6) is -0.159.